The van der Waals surface area contributed by atoms with E-state index in [1.807, 2.05) is 24.3 Å². The first-order valence-electron chi connectivity index (χ1n) is 9.14. The molecule has 0 spiro atoms. The number of nitrogens with zero attached hydrogens (tertiary/aromatic N) is 2. The predicted octanol–water partition coefficient (Wildman–Crippen LogP) is 2.24. The maximum absolute atomic E-state index is 12.6. The molecule has 1 aliphatic heterocycles. The molecule has 7 nitrogen and oxygen atoms in total. The molecule has 0 saturated heterocycles. The maximum atomic E-state index is 12.6. The lowest BCUT2D eigenvalue weighted by Gasteiger charge is -2.22. The number of terminal acetylenes is 1. The first-order valence-corrected chi connectivity index (χ1v) is 9.14. The average Bonchev–Trinajstić information content (AvgIpc) is 3.11. The summed E-state index contributed by atoms with van der Waals surface area (Å²) in [5.41, 5.74) is 0.982. The van der Waals surface area contributed by atoms with E-state index < -0.39 is 0 Å². The average molecular weight is 381 g/mol. The van der Waals surface area contributed by atoms with Crippen LogP contribution in [-0.4, -0.2) is 48.0 Å². The number of amides is 3. The summed E-state index contributed by atoms with van der Waals surface area (Å²) >= 11 is 0. The second-order valence-corrected chi connectivity index (χ2v) is 6.39. The number of carbonyl (C=O) groups is 2. The van der Waals surface area contributed by atoms with Crippen molar-refractivity contribution >= 4 is 11.9 Å². The van der Waals surface area contributed by atoms with E-state index in [0.717, 1.165) is 11.3 Å². The standard InChI is InChI=1S/C21H23N3O4/c1-2-11-24(16-18-7-5-13-27-18)21(26)22-10-9-20(25)23-12-14-28-19-8-4-3-6-17(19)15-23/h1,3-8,13H,9-12,14-16H2,(H,22,26). The van der Waals surface area contributed by atoms with E-state index >= 15 is 0 Å². The van der Waals surface area contributed by atoms with Gasteiger partial charge in [0.2, 0.25) is 5.91 Å². The minimum absolute atomic E-state index is 0.0323. The van der Waals surface area contributed by atoms with Crippen LogP contribution in [0.2, 0.25) is 0 Å². The lowest BCUT2D eigenvalue weighted by Crippen LogP contribution is -2.41. The second-order valence-electron chi connectivity index (χ2n) is 6.39. The van der Waals surface area contributed by atoms with Crippen LogP contribution < -0.4 is 10.1 Å². The SMILES string of the molecule is C#CCN(Cc1ccco1)C(=O)NCCC(=O)N1CCOc2ccccc2C1. The number of furan rings is 1. The number of carbonyl (C=O) groups excluding carboxylic acids is 2. The highest BCUT2D eigenvalue weighted by atomic mass is 16.5. The molecule has 3 amide bonds. The van der Waals surface area contributed by atoms with Crippen LogP contribution >= 0.6 is 0 Å². The first kappa shape index (κ1) is 19.4. The van der Waals surface area contributed by atoms with Crippen molar-refractivity contribution in [2.24, 2.45) is 0 Å². The van der Waals surface area contributed by atoms with Gasteiger partial charge in [-0.15, -0.1) is 6.42 Å². The Kier molecular flexibility index (Phi) is 6.58. The highest BCUT2D eigenvalue weighted by Crippen LogP contribution is 2.22. The Morgan fingerprint density at radius 2 is 2.11 bits per heavy atom. The quantitative estimate of drug-likeness (QED) is 0.779. The zero-order valence-electron chi connectivity index (χ0n) is 15.6. The van der Waals surface area contributed by atoms with Crippen LogP contribution in [0.1, 0.15) is 17.7 Å². The summed E-state index contributed by atoms with van der Waals surface area (Å²) < 4.78 is 10.9. The largest absolute Gasteiger partial charge is 0.491 e. The van der Waals surface area contributed by atoms with E-state index in [1.54, 1.807) is 23.3 Å². The van der Waals surface area contributed by atoms with E-state index in [9.17, 15) is 9.59 Å². The van der Waals surface area contributed by atoms with Crippen LogP contribution in [0.25, 0.3) is 0 Å². The third-order valence-corrected chi connectivity index (χ3v) is 4.42. The van der Waals surface area contributed by atoms with Crippen LogP contribution in [0, 0.1) is 12.3 Å². The number of fused-ring (bicyclic) bond motifs is 1. The number of nitrogens with one attached hydrogen (secondary N) is 1. The van der Waals surface area contributed by atoms with Gasteiger partial charge in [0.25, 0.3) is 0 Å². The highest BCUT2D eigenvalue weighted by Gasteiger charge is 2.20. The molecule has 1 N–H and O–H groups in total. The van der Waals surface area contributed by atoms with Gasteiger partial charge in [-0.3, -0.25) is 4.79 Å². The summed E-state index contributed by atoms with van der Waals surface area (Å²) in [6.45, 7) is 2.13. The van der Waals surface area contributed by atoms with Crippen LogP contribution in [0.4, 0.5) is 4.79 Å². The molecule has 0 atom stereocenters. The maximum Gasteiger partial charge on any atom is 0.318 e. The Hall–Kier alpha value is -3.40. The lowest BCUT2D eigenvalue weighted by atomic mass is 10.2. The Bertz CT molecular complexity index is 842. The number of para-hydroxylation sites is 1. The summed E-state index contributed by atoms with van der Waals surface area (Å²) in [6, 6.07) is 10.9. The van der Waals surface area contributed by atoms with Crippen LogP contribution in [0.15, 0.2) is 47.1 Å². The molecule has 7 heteroatoms. The molecule has 0 radical (unpaired) electrons. The molecular formula is C21H23N3O4. The molecule has 146 valence electrons. The van der Waals surface area contributed by atoms with E-state index in [1.165, 1.54) is 4.90 Å². The van der Waals surface area contributed by atoms with Gasteiger partial charge in [-0.25, -0.2) is 4.79 Å². The molecule has 1 aliphatic rings. The van der Waals surface area contributed by atoms with Gasteiger partial charge >= 0.3 is 6.03 Å². The normalized spacial score (nSPS) is 12.9. The van der Waals surface area contributed by atoms with Crippen LogP contribution in [-0.2, 0) is 17.9 Å². The molecule has 0 fully saturated rings. The van der Waals surface area contributed by atoms with Gasteiger partial charge in [0.1, 0.15) is 18.1 Å². The Labute approximate surface area is 164 Å². The molecule has 28 heavy (non-hydrogen) atoms. The van der Waals surface area contributed by atoms with E-state index in [4.69, 9.17) is 15.6 Å². The third-order valence-electron chi connectivity index (χ3n) is 4.42. The molecule has 0 unspecified atom stereocenters. The van der Waals surface area contributed by atoms with Crippen molar-refractivity contribution in [1.29, 1.82) is 0 Å². The molecular weight excluding hydrogens is 358 g/mol. The summed E-state index contributed by atoms with van der Waals surface area (Å²) in [5.74, 6) is 3.89. The fraction of sp³-hybridized carbons (Fsp3) is 0.333. The molecule has 1 aromatic carbocycles. The zero-order chi connectivity index (χ0) is 19.8. The van der Waals surface area contributed by atoms with E-state index in [-0.39, 0.29) is 38.0 Å². The first-order chi connectivity index (χ1) is 13.7. The molecule has 2 aromatic rings. The van der Waals surface area contributed by atoms with Gasteiger partial charge in [0.05, 0.1) is 25.9 Å². The fourth-order valence-corrected chi connectivity index (χ4v) is 2.99. The molecule has 2 heterocycles. The summed E-state index contributed by atoms with van der Waals surface area (Å²) in [4.78, 5) is 28.1. The summed E-state index contributed by atoms with van der Waals surface area (Å²) in [6.07, 6.45) is 7.10. The smallest absolute Gasteiger partial charge is 0.318 e. The monoisotopic (exact) mass is 381 g/mol. The van der Waals surface area contributed by atoms with Gasteiger partial charge in [-0.2, -0.15) is 0 Å². The topological polar surface area (TPSA) is 75.0 Å². The summed E-state index contributed by atoms with van der Waals surface area (Å²) in [7, 11) is 0. The van der Waals surface area contributed by atoms with Crippen molar-refractivity contribution in [3.63, 3.8) is 0 Å². The minimum atomic E-state index is -0.327. The second kappa shape index (κ2) is 9.51. The van der Waals surface area contributed by atoms with Gasteiger partial charge in [-0.05, 0) is 18.2 Å². The van der Waals surface area contributed by atoms with Gasteiger partial charge in [0, 0.05) is 25.1 Å². The number of urea groups is 1. The van der Waals surface area contributed by atoms with Crippen molar-refractivity contribution in [1.82, 2.24) is 15.1 Å². The molecule has 0 bridgehead atoms. The van der Waals surface area contributed by atoms with E-state index in [2.05, 4.69) is 11.2 Å². The van der Waals surface area contributed by atoms with Crippen molar-refractivity contribution in [2.45, 2.75) is 19.5 Å². The number of benzene rings is 1. The third kappa shape index (κ3) is 5.07. The van der Waals surface area contributed by atoms with E-state index in [0.29, 0.717) is 25.5 Å². The Morgan fingerprint density at radius 3 is 2.89 bits per heavy atom. The van der Waals surface area contributed by atoms with Gasteiger partial charge < -0.3 is 24.3 Å². The van der Waals surface area contributed by atoms with Crippen molar-refractivity contribution in [3.8, 4) is 18.1 Å². The number of ether oxygens (including phenoxy) is 1. The number of hydrogen-bond donors (Lipinski definition) is 1. The predicted molar refractivity (Wildman–Crippen MR) is 103 cm³/mol. The fourth-order valence-electron chi connectivity index (χ4n) is 2.99. The van der Waals surface area contributed by atoms with Crippen molar-refractivity contribution in [3.05, 3.63) is 54.0 Å². The highest BCUT2D eigenvalue weighted by molar-refractivity contribution is 5.78. The number of hydrogen-bond acceptors (Lipinski definition) is 4. The van der Waals surface area contributed by atoms with Gasteiger partial charge in [0.15, 0.2) is 0 Å². The molecule has 1 aromatic heterocycles. The van der Waals surface area contributed by atoms with Crippen LogP contribution in [0.3, 0.4) is 0 Å². The molecule has 0 saturated carbocycles. The molecule has 0 aliphatic carbocycles. The minimum Gasteiger partial charge on any atom is -0.491 e. The Balaban J connectivity index is 1.48. The lowest BCUT2D eigenvalue weighted by molar-refractivity contribution is -0.131. The Morgan fingerprint density at radius 1 is 1.25 bits per heavy atom. The zero-order valence-corrected chi connectivity index (χ0v) is 15.6. The van der Waals surface area contributed by atoms with Crippen molar-refractivity contribution in [2.75, 3.05) is 26.2 Å². The van der Waals surface area contributed by atoms with Crippen LogP contribution in [0.5, 0.6) is 5.75 Å². The van der Waals surface area contributed by atoms with Crippen molar-refractivity contribution < 1.29 is 18.7 Å². The molecule has 3 rings (SSSR count). The van der Waals surface area contributed by atoms with Gasteiger partial charge in [-0.1, -0.05) is 24.1 Å². The number of rotatable bonds is 6. The summed E-state index contributed by atoms with van der Waals surface area (Å²) in [5, 5.41) is 2.76.